The van der Waals surface area contributed by atoms with E-state index in [1.54, 1.807) is 31.1 Å². The van der Waals surface area contributed by atoms with E-state index in [9.17, 15) is 51.4 Å². The van der Waals surface area contributed by atoms with Gasteiger partial charge in [-0.25, -0.2) is 14.2 Å². The van der Waals surface area contributed by atoms with Crippen LogP contribution in [0.3, 0.4) is 0 Å². The van der Waals surface area contributed by atoms with Crippen LogP contribution in [0.15, 0.2) is 102 Å². The summed E-state index contributed by atoms with van der Waals surface area (Å²) in [5.41, 5.74) is 1.44. The number of ether oxygens (including phenoxy) is 4. The van der Waals surface area contributed by atoms with Crippen molar-refractivity contribution < 1.29 is 70.8 Å². The lowest BCUT2D eigenvalue weighted by Crippen LogP contribution is -2.40. The number of hydrogen-bond donors (Lipinski definition) is 3. The van der Waals surface area contributed by atoms with Crippen LogP contribution >= 0.6 is 42.4 Å². The van der Waals surface area contributed by atoms with Crippen molar-refractivity contribution in [2.45, 2.75) is 70.7 Å². The molecular formula is C53H72Cl3F3N5O14PS. The first-order valence-electron chi connectivity index (χ1n) is 24.1. The van der Waals surface area contributed by atoms with Crippen LogP contribution < -0.4 is 35.8 Å². The fraction of sp³-hybridized carbons (Fsp3) is 0.434. The summed E-state index contributed by atoms with van der Waals surface area (Å²) in [6.07, 6.45) is 5.93. The topological polar surface area (TPSA) is 248 Å². The molecular weight excluding hydrogens is 1160 g/mol. The van der Waals surface area contributed by atoms with Crippen molar-refractivity contribution in [2.75, 3.05) is 76.4 Å². The number of hydrogen-bond acceptors (Lipinski definition) is 13. The Labute approximate surface area is 482 Å². The Morgan fingerprint density at radius 1 is 0.912 bits per heavy atom. The van der Waals surface area contributed by atoms with Crippen LogP contribution in [0, 0.1) is 0 Å². The van der Waals surface area contributed by atoms with Gasteiger partial charge in [-0.15, -0.1) is 24.8 Å². The molecule has 4 rings (SSSR count). The van der Waals surface area contributed by atoms with Gasteiger partial charge < -0.3 is 43.3 Å². The highest BCUT2D eigenvalue weighted by atomic mass is 35.5. The smallest absolute Gasteiger partial charge is 0.431 e. The zero-order chi connectivity index (χ0) is 61.5. The van der Waals surface area contributed by atoms with Gasteiger partial charge in [-0.05, 0) is 84.1 Å². The monoisotopic (exact) mass is 1230 g/mol. The number of aromatic nitrogens is 2. The van der Waals surface area contributed by atoms with Gasteiger partial charge in [0.05, 0.1) is 50.1 Å². The lowest BCUT2D eigenvalue weighted by molar-refractivity contribution is -0.193. The number of nitrogens with zero attached hydrogens (tertiary/aromatic N) is 4. The van der Waals surface area contributed by atoms with E-state index in [1.165, 1.54) is 36.3 Å². The van der Waals surface area contributed by atoms with Crippen LogP contribution in [0.25, 0.3) is 5.69 Å². The van der Waals surface area contributed by atoms with Crippen LogP contribution in [-0.4, -0.2) is 130 Å². The molecule has 2 atom stereocenters. The van der Waals surface area contributed by atoms with E-state index in [0.717, 1.165) is 48.7 Å². The summed E-state index contributed by atoms with van der Waals surface area (Å²) in [5, 5.41) is 9.97. The summed E-state index contributed by atoms with van der Waals surface area (Å²) >= 11 is 16.5. The van der Waals surface area contributed by atoms with Gasteiger partial charge in [-0.1, -0.05) is 86.5 Å². The van der Waals surface area contributed by atoms with Gasteiger partial charge in [0.25, 0.3) is 11.5 Å². The third-order valence-electron chi connectivity index (χ3n) is 10.2. The number of alkyl halides is 6. The molecule has 0 saturated heterocycles. The molecule has 0 fully saturated rings. The van der Waals surface area contributed by atoms with Crippen molar-refractivity contribution >= 4 is 82.7 Å². The van der Waals surface area contributed by atoms with Crippen molar-refractivity contribution in [3.63, 3.8) is 0 Å². The summed E-state index contributed by atoms with van der Waals surface area (Å²) in [7, 11) is 0.0889. The Morgan fingerprint density at radius 3 is 1.89 bits per heavy atom. The van der Waals surface area contributed by atoms with E-state index in [1.807, 2.05) is 48.6 Å². The second-order valence-corrected chi connectivity index (χ2v) is 22.3. The van der Waals surface area contributed by atoms with Gasteiger partial charge >= 0.3 is 23.8 Å². The molecule has 4 aromatic rings. The second kappa shape index (κ2) is 38.2. The van der Waals surface area contributed by atoms with E-state index in [0.29, 0.717) is 56.2 Å². The average molecular weight is 1230 g/mol. The Hall–Kier alpha value is -5.62. The molecule has 1 heterocycles. The molecule has 0 radical (unpaired) electrons. The summed E-state index contributed by atoms with van der Waals surface area (Å²) in [6, 6.07) is 17.8. The van der Waals surface area contributed by atoms with E-state index in [-0.39, 0.29) is 36.7 Å². The minimum absolute atomic E-state index is 0.0371. The average Bonchev–Trinajstić information content (AvgIpc) is 3.39. The number of benzene rings is 3. The number of amides is 2. The molecule has 446 valence electrons. The minimum Gasteiger partial charge on any atom is -0.778 e. The first-order valence-corrected chi connectivity index (χ1v) is 29.7. The number of esters is 1. The zero-order valence-electron chi connectivity index (χ0n) is 46.4. The summed E-state index contributed by atoms with van der Waals surface area (Å²) in [4.78, 5) is 89.5. The third kappa shape index (κ3) is 27.2. The number of halogens is 6. The predicted octanol–water partition coefficient (Wildman–Crippen LogP) is 7.27. The number of aliphatic carboxylic acids is 1. The van der Waals surface area contributed by atoms with Crippen molar-refractivity contribution in [1.29, 1.82) is 0 Å². The molecule has 0 saturated carbocycles. The Kier molecular flexibility index (Phi) is 35.5. The fourth-order valence-electron chi connectivity index (χ4n) is 6.47. The van der Waals surface area contributed by atoms with Crippen LogP contribution in [0.4, 0.5) is 18.9 Å². The SMILES string of the molecule is C=CCN(CC=C)C(=O)C(Cl)Cl.CCc1ccc(COc2ccc(-n3c(=O)cc(C(F)(F)F)n(C)c3=O)cc2)c(OC(C)C(=O)OC)c1.CCc1cccc(CC)c1N(COC)C(=O)CCl.C[S+](C)C.O=C(O)CNCP(=O)([O-])O. The lowest BCUT2D eigenvalue weighted by Gasteiger charge is -2.26. The quantitative estimate of drug-likeness (QED) is 0.0165. The number of methoxy groups -OCH3 is 2. The molecule has 0 bridgehead atoms. The number of nitrogens with one attached hydrogen (secondary N) is 1. The van der Waals surface area contributed by atoms with Crippen LogP contribution in [-0.2, 0) is 83.2 Å². The van der Waals surface area contributed by atoms with Gasteiger partial charge in [-0.3, -0.25) is 34.0 Å². The third-order valence-corrected chi connectivity index (χ3v) is 11.4. The number of carbonyl (C=O) groups is 4. The first kappa shape index (κ1) is 74.4. The highest BCUT2D eigenvalue weighted by Gasteiger charge is 2.35. The normalized spacial score (nSPS) is 11.8. The molecule has 0 aliphatic heterocycles. The van der Waals surface area contributed by atoms with E-state index < -0.39 is 66.4 Å². The van der Waals surface area contributed by atoms with Crippen molar-refractivity contribution in [2.24, 2.45) is 7.05 Å². The molecule has 27 heteroatoms. The van der Waals surface area contributed by atoms with Gasteiger partial charge in [0.2, 0.25) is 5.91 Å². The highest BCUT2D eigenvalue weighted by molar-refractivity contribution is 7.94. The van der Waals surface area contributed by atoms with Gasteiger partial charge in [0.15, 0.2) is 10.9 Å². The van der Waals surface area contributed by atoms with Gasteiger partial charge in [0, 0.05) is 38.9 Å². The highest BCUT2D eigenvalue weighted by Crippen LogP contribution is 2.29. The van der Waals surface area contributed by atoms with Crippen molar-refractivity contribution in [3.8, 4) is 17.2 Å². The number of rotatable bonds is 23. The van der Waals surface area contributed by atoms with Crippen LogP contribution in [0.2, 0.25) is 0 Å². The van der Waals surface area contributed by atoms with E-state index >= 15 is 0 Å². The first-order chi connectivity index (χ1) is 37.4. The standard InChI is InChI=1S/C25H25F3N2O6.C14H20ClNO2.C8H11Cl2NO.C3H8NO5P.C3H9S/c1-5-16-6-7-17(20(12-16)36-15(2)23(32)34-4)14-35-19-10-8-18(9-11-19)30-22(31)13-21(25(26,27)28)29(3)24(30)33;1-4-11-7-6-8-12(5-2)14(11)16(10-18-3)13(17)9-15;1-3-5-11(6-4-2)8(12)7(9)10;5-3(6)1-4-2-10(7,8)9;1-4(2)3/h6-13,15H,5,14H2,1-4H3;6-8H,4-5,9-10H2,1-3H3;3-4,7H,1-2,5-6H2;4H,1-2H2,(H,5,6)(H2,7,8,9);1-3H3/q;;;;+1/p-1. The van der Waals surface area contributed by atoms with Gasteiger partial charge in [-0.2, -0.15) is 13.2 Å². The van der Waals surface area contributed by atoms with Crippen molar-refractivity contribution in [3.05, 3.63) is 141 Å². The maximum absolute atomic E-state index is 13.1. The molecule has 1 aromatic heterocycles. The molecule has 2 amide bonds. The minimum atomic E-state index is -4.84. The van der Waals surface area contributed by atoms with Crippen LogP contribution in [0.5, 0.6) is 11.5 Å². The number of carboxylic acids is 1. The van der Waals surface area contributed by atoms with E-state index in [2.05, 4.69) is 45.8 Å². The maximum atomic E-state index is 13.1. The predicted molar refractivity (Wildman–Crippen MR) is 308 cm³/mol. The number of carbonyl (C=O) groups excluding carboxylic acids is 3. The van der Waals surface area contributed by atoms with Crippen molar-refractivity contribution in [1.82, 2.24) is 19.4 Å². The molecule has 0 aliphatic rings. The number of anilines is 1. The lowest BCUT2D eigenvalue weighted by atomic mass is 10.0. The Bertz CT molecular complexity index is 2750. The number of aryl methyl sites for hydroxylation is 3. The van der Waals surface area contributed by atoms with Gasteiger partial charge in [0.1, 0.15) is 44.0 Å². The summed E-state index contributed by atoms with van der Waals surface area (Å²) < 4.78 is 71.5. The van der Waals surface area contributed by atoms with Crippen LogP contribution in [0.1, 0.15) is 55.6 Å². The van der Waals surface area contributed by atoms with E-state index in [4.69, 9.17) is 63.8 Å². The second-order valence-electron chi connectivity index (χ2n) is 16.9. The summed E-state index contributed by atoms with van der Waals surface area (Å²) in [6.45, 7) is 15.4. The number of carboxylic acid groups (broad SMARTS) is 1. The molecule has 80 heavy (non-hydrogen) atoms. The maximum Gasteiger partial charge on any atom is 0.431 e. The molecule has 3 aromatic carbocycles. The number of para-hydroxylation sites is 1. The molecule has 19 nitrogen and oxygen atoms in total. The molecule has 2 unspecified atom stereocenters. The molecule has 0 aliphatic carbocycles. The largest absolute Gasteiger partial charge is 0.778 e. The zero-order valence-corrected chi connectivity index (χ0v) is 50.3. The Morgan fingerprint density at radius 2 is 1.46 bits per heavy atom. The molecule has 3 N–H and O–H groups in total. The summed E-state index contributed by atoms with van der Waals surface area (Å²) in [5.74, 6) is -1.35. The Balaban J connectivity index is 0.00000117. The fourth-order valence-corrected chi connectivity index (χ4v) is 7.29. The molecule has 0 spiro atoms.